The molecule has 4 aromatic rings. The normalized spacial score (nSPS) is 18.5. The van der Waals surface area contributed by atoms with E-state index in [1.807, 2.05) is 30.3 Å². The molecule has 1 aliphatic heterocycles. The Labute approximate surface area is 281 Å². The van der Waals surface area contributed by atoms with Crippen LogP contribution in [0.4, 0.5) is 4.39 Å². The zero-order chi connectivity index (χ0) is 33.7. The van der Waals surface area contributed by atoms with Crippen molar-refractivity contribution in [3.05, 3.63) is 101 Å². The molecule has 2 N–H and O–H groups in total. The van der Waals surface area contributed by atoms with Gasteiger partial charge in [-0.15, -0.1) is 0 Å². The van der Waals surface area contributed by atoms with Gasteiger partial charge in [0.1, 0.15) is 29.2 Å². The van der Waals surface area contributed by atoms with Gasteiger partial charge < -0.3 is 43.6 Å². The van der Waals surface area contributed by atoms with E-state index in [4.69, 9.17) is 33.2 Å². The average Bonchev–Trinajstić information content (AvgIpc) is 3.11. The second-order valence-electron chi connectivity index (χ2n) is 11.8. The molecule has 48 heavy (non-hydrogen) atoms. The molecule has 10 heteroatoms. The van der Waals surface area contributed by atoms with Crippen LogP contribution >= 0.6 is 0 Å². The van der Waals surface area contributed by atoms with E-state index in [1.54, 1.807) is 20.3 Å². The maximum atomic E-state index is 13.4. The Morgan fingerprint density at radius 1 is 0.812 bits per heavy atom. The molecule has 0 saturated carbocycles. The maximum absolute atomic E-state index is 13.4. The Hall–Kier alpha value is -3.77. The number of nitrogens with one attached hydrogen (secondary N) is 1. The predicted molar refractivity (Wildman–Crippen MR) is 181 cm³/mol. The second kappa shape index (κ2) is 18.1. The Kier molecular flexibility index (Phi) is 13.4. The van der Waals surface area contributed by atoms with Crippen LogP contribution in [0.2, 0.25) is 0 Å². The Morgan fingerprint density at radius 3 is 2.35 bits per heavy atom. The number of rotatable bonds is 18. The second-order valence-corrected chi connectivity index (χ2v) is 11.8. The van der Waals surface area contributed by atoms with Crippen LogP contribution in [0, 0.1) is 5.82 Å². The summed E-state index contributed by atoms with van der Waals surface area (Å²) in [6, 6.07) is 24.8. The number of halogens is 1. The number of fused-ring (bicyclic) bond motifs is 1. The Bertz CT molecular complexity index is 1570. The molecule has 1 fully saturated rings. The summed E-state index contributed by atoms with van der Waals surface area (Å²) in [5.41, 5.74) is 2.88. The summed E-state index contributed by atoms with van der Waals surface area (Å²) in [7, 11) is 4.75. The van der Waals surface area contributed by atoms with Gasteiger partial charge in [0.2, 0.25) is 0 Å². The number of ether oxygens (including phenoxy) is 7. The molecular formula is C38H46FNO8. The van der Waals surface area contributed by atoms with E-state index in [0.717, 1.165) is 39.0 Å². The third kappa shape index (κ3) is 9.65. The number of benzene rings is 4. The van der Waals surface area contributed by atoms with E-state index in [0.29, 0.717) is 51.7 Å². The molecule has 1 aliphatic rings. The zero-order valence-electron chi connectivity index (χ0n) is 27.9. The fourth-order valence-electron chi connectivity index (χ4n) is 6.04. The lowest BCUT2D eigenvalue weighted by molar-refractivity contribution is -0.0856. The third-order valence-corrected chi connectivity index (χ3v) is 8.39. The number of hydrogen-bond donors (Lipinski definition) is 2. The van der Waals surface area contributed by atoms with Gasteiger partial charge in [-0.3, -0.25) is 0 Å². The Balaban J connectivity index is 1.20. The summed E-state index contributed by atoms with van der Waals surface area (Å²) in [4.78, 5) is 0. The first-order chi connectivity index (χ1) is 23.5. The largest absolute Gasteiger partial charge is 0.496 e. The molecule has 0 aromatic heterocycles. The summed E-state index contributed by atoms with van der Waals surface area (Å²) in [6.45, 7) is 3.33. The summed E-state index contributed by atoms with van der Waals surface area (Å²) in [5.74, 6) is 1.61. The van der Waals surface area contributed by atoms with E-state index in [1.165, 1.54) is 19.2 Å². The number of methoxy groups -OCH3 is 3. The first-order valence-corrected chi connectivity index (χ1v) is 16.3. The lowest BCUT2D eigenvalue weighted by atomic mass is 9.85. The van der Waals surface area contributed by atoms with Gasteiger partial charge in [0.05, 0.1) is 66.1 Å². The maximum Gasteiger partial charge on any atom is 0.127 e. The minimum atomic E-state index is -0.723. The van der Waals surface area contributed by atoms with E-state index in [2.05, 4.69) is 35.6 Å². The van der Waals surface area contributed by atoms with Crippen LogP contribution < -0.4 is 19.5 Å². The number of hydrogen-bond acceptors (Lipinski definition) is 9. The van der Waals surface area contributed by atoms with Crippen LogP contribution in [0.25, 0.3) is 10.8 Å². The van der Waals surface area contributed by atoms with Crippen molar-refractivity contribution in [3.8, 4) is 17.2 Å². The van der Waals surface area contributed by atoms with Crippen molar-refractivity contribution in [1.82, 2.24) is 5.32 Å². The topological polar surface area (TPSA) is 96.9 Å². The van der Waals surface area contributed by atoms with Crippen molar-refractivity contribution >= 4 is 10.8 Å². The van der Waals surface area contributed by atoms with Gasteiger partial charge in [-0.1, -0.05) is 42.5 Å². The minimum absolute atomic E-state index is 0.0887. The quantitative estimate of drug-likeness (QED) is 0.131. The molecule has 4 aromatic carbocycles. The van der Waals surface area contributed by atoms with Crippen molar-refractivity contribution in [1.29, 1.82) is 0 Å². The van der Waals surface area contributed by atoms with E-state index in [9.17, 15) is 9.50 Å². The molecule has 4 atom stereocenters. The molecule has 0 radical (unpaired) electrons. The van der Waals surface area contributed by atoms with Crippen molar-refractivity contribution in [3.63, 3.8) is 0 Å². The first kappa shape index (κ1) is 35.5. The van der Waals surface area contributed by atoms with E-state index in [-0.39, 0.29) is 37.2 Å². The van der Waals surface area contributed by atoms with Gasteiger partial charge in [0, 0.05) is 49.6 Å². The van der Waals surface area contributed by atoms with Gasteiger partial charge in [0.15, 0.2) is 0 Å². The summed E-state index contributed by atoms with van der Waals surface area (Å²) >= 11 is 0. The highest BCUT2D eigenvalue weighted by atomic mass is 19.1. The van der Waals surface area contributed by atoms with Gasteiger partial charge in [-0.25, -0.2) is 4.39 Å². The molecule has 5 rings (SSSR count). The molecule has 9 nitrogen and oxygen atoms in total. The van der Waals surface area contributed by atoms with Crippen LogP contribution in [0.3, 0.4) is 0 Å². The van der Waals surface area contributed by atoms with Crippen molar-refractivity contribution in [2.45, 2.75) is 43.9 Å². The van der Waals surface area contributed by atoms with Crippen LogP contribution in [0.5, 0.6) is 17.2 Å². The standard InChI is InChI=1S/C38H46FNO8/c1-42-24-31(41)25-48-37-21-40-20-36(47-22-26-17-28-7-4-5-8-33(28)35(18-26)44-3)38(37)27-10-13-32(14-11-27)46-16-6-15-45-23-29-9-12-30(39)19-34(29)43-2/h4-5,7-14,17-19,31,36-38,40-41H,6,15-16,20-25H2,1-3H3/t31-,36+,37+,38-/m1/s1. The molecule has 1 heterocycles. The molecule has 0 amide bonds. The number of aliphatic hydroxyl groups excluding tert-OH is 1. The highest BCUT2D eigenvalue weighted by molar-refractivity contribution is 5.89. The third-order valence-electron chi connectivity index (χ3n) is 8.39. The predicted octanol–water partition coefficient (Wildman–Crippen LogP) is 5.65. The van der Waals surface area contributed by atoms with E-state index < -0.39 is 6.10 Å². The van der Waals surface area contributed by atoms with Gasteiger partial charge in [-0.05, 0) is 46.8 Å². The molecule has 0 unspecified atom stereocenters. The lowest BCUT2D eigenvalue weighted by Gasteiger charge is -2.39. The summed E-state index contributed by atoms with van der Waals surface area (Å²) < 4.78 is 54.1. The average molecular weight is 664 g/mol. The van der Waals surface area contributed by atoms with Crippen molar-refractivity contribution in [2.75, 3.05) is 60.8 Å². The molecule has 258 valence electrons. The summed E-state index contributed by atoms with van der Waals surface area (Å²) in [5, 5.41) is 15.9. The smallest absolute Gasteiger partial charge is 0.127 e. The highest BCUT2D eigenvalue weighted by Gasteiger charge is 2.36. The highest BCUT2D eigenvalue weighted by Crippen LogP contribution is 2.33. The van der Waals surface area contributed by atoms with Crippen LogP contribution in [0.1, 0.15) is 29.0 Å². The number of piperidine rings is 1. The van der Waals surface area contributed by atoms with Crippen LogP contribution in [-0.4, -0.2) is 84.3 Å². The fraction of sp³-hybridized carbons (Fsp3) is 0.421. The molecular weight excluding hydrogens is 617 g/mol. The van der Waals surface area contributed by atoms with Gasteiger partial charge >= 0.3 is 0 Å². The van der Waals surface area contributed by atoms with Gasteiger partial charge in [-0.2, -0.15) is 0 Å². The SMILES string of the molecule is COC[C@@H](O)CO[C@H]1CNC[C@H](OCc2cc(OC)c3ccccc3c2)[C@H]1c1ccc(OCCCOCc2ccc(F)cc2OC)cc1. The lowest BCUT2D eigenvalue weighted by Crippen LogP contribution is -2.51. The molecule has 0 bridgehead atoms. The zero-order valence-corrected chi connectivity index (χ0v) is 27.9. The van der Waals surface area contributed by atoms with E-state index >= 15 is 0 Å². The number of aliphatic hydroxyl groups is 1. The van der Waals surface area contributed by atoms with Crippen molar-refractivity contribution in [2.24, 2.45) is 0 Å². The Morgan fingerprint density at radius 2 is 1.58 bits per heavy atom. The fourth-order valence-corrected chi connectivity index (χ4v) is 6.04. The first-order valence-electron chi connectivity index (χ1n) is 16.3. The molecule has 0 aliphatic carbocycles. The monoisotopic (exact) mass is 663 g/mol. The van der Waals surface area contributed by atoms with Crippen molar-refractivity contribution < 1.29 is 42.7 Å². The molecule has 0 spiro atoms. The molecule has 1 saturated heterocycles. The van der Waals surface area contributed by atoms with Gasteiger partial charge in [0.25, 0.3) is 0 Å². The van der Waals surface area contributed by atoms with Crippen LogP contribution in [-0.2, 0) is 32.2 Å². The van der Waals surface area contributed by atoms with Crippen LogP contribution in [0.15, 0.2) is 78.9 Å². The minimum Gasteiger partial charge on any atom is -0.496 e. The summed E-state index contributed by atoms with van der Waals surface area (Å²) in [6.07, 6.45) is -0.455.